The van der Waals surface area contributed by atoms with E-state index in [2.05, 4.69) is 23.8 Å². The zero-order valence-corrected chi connectivity index (χ0v) is 16.4. The molecule has 0 unspecified atom stereocenters. The number of esters is 1. The van der Waals surface area contributed by atoms with Gasteiger partial charge in [-0.15, -0.1) is 0 Å². The standard InChI is InChI=1S/C23H35NO2/c1-2-3-4-5-6-7-8-9-10-11-12-13-14-15-16-17-18-19-22-26-23(25)20-21-24/h13-19,22H,2-12,20H2,1H3/b14-13-,16-15-,18-17?,22-19?. The van der Waals surface area contributed by atoms with Gasteiger partial charge in [-0.2, -0.15) is 5.26 Å². The third-order valence-electron chi connectivity index (χ3n) is 3.92. The number of hydrogen-bond acceptors (Lipinski definition) is 3. The van der Waals surface area contributed by atoms with Gasteiger partial charge in [0.15, 0.2) is 0 Å². The predicted molar refractivity (Wildman–Crippen MR) is 109 cm³/mol. The normalized spacial score (nSPS) is 11.8. The van der Waals surface area contributed by atoms with E-state index in [1.165, 1.54) is 70.5 Å². The number of unbranched alkanes of at least 4 members (excludes halogenated alkanes) is 10. The van der Waals surface area contributed by atoms with Gasteiger partial charge in [0.05, 0.1) is 12.3 Å². The Labute approximate surface area is 160 Å². The summed E-state index contributed by atoms with van der Waals surface area (Å²) in [6.07, 6.45) is 29.4. The fourth-order valence-corrected chi connectivity index (χ4v) is 2.45. The summed E-state index contributed by atoms with van der Waals surface area (Å²) in [6.45, 7) is 2.26. The number of nitriles is 1. The highest BCUT2D eigenvalue weighted by Crippen LogP contribution is 2.11. The SMILES string of the molecule is CCCCCCCCCCCC/C=C\C=C/C=CC=COC(=O)CC#N. The second-order valence-electron chi connectivity index (χ2n) is 6.32. The molecule has 3 heteroatoms. The molecule has 0 N–H and O–H groups in total. The van der Waals surface area contributed by atoms with Crippen molar-refractivity contribution in [3.8, 4) is 6.07 Å². The van der Waals surface area contributed by atoms with Crippen LogP contribution in [-0.2, 0) is 9.53 Å². The van der Waals surface area contributed by atoms with Crippen LogP contribution in [0.3, 0.4) is 0 Å². The van der Waals surface area contributed by atoms with Crippen LogP contribution in [0.4, 0.5) is 0 Å². The first-order valence-electron chi connectivity index (χ1n) is 10.0. The van der Waals surface area contributed by atoms with Crippen LogP contribution in [0.25, 0.3) is 0 Å². The zero-order valence-electron chi connectivity index (χ0n) is 16.4. The largest absolute Gasteiger partial charge is 0.434 e. The lowest BCUT2D eigenvalue weighted by Gasteiger charge is -2.01. The van der Waals surface area contributed by atoms with Crippen LogP contribution >= 0.6 is 0 Å². The van der Waals surface area contributed by atoms with Crippen molar-refractivity contribution in [3.05, 3.63) is 48.8 Å². The average Bonchev–Trinajstić information content (AvgIpc) is 2.64. The van der Waals surface area contributed by atoms with Crippen molar-refractivity contribution in [3.63, 3.8) is 0 Å². The van der Waals surface area contributed by atoms with Gasteiger partial charge < -0.3 is 4.74 Å². The number of nitrogens with zero attached hydrogens (tertiary/aromatic N) is 1. The smallest absolute Gasteiger partial charge is 0.324 e. The molecule has 0 aromatic rings. The van der Waals surface area contributed by atoms with Crippen molar-refractivity contribution in [2.45, 2.75) is 84.0 Å². The molecule has 0 saturated carbocycles. The van der Waals surface area contributed by atoms with E-state index in [-0.39, 0.29) is 6.42 Å². The van der Waals surface area contributed by atoms with E-state index in [0.717, 1.165) is 6.42 Å². The number of hydrogen-bond donors (Lipinski definition) is 0. The molecule has 3 nitrogen and oxygen atoms in total. The van der Waals surface area contributed by atoms with E-state index >= 15 is 0 Å². The molecular formula is C23H35NO2. The Morgan fingerprint density at radius 2 is 1.35 bits per heavy atom. The summed E-state index contributed by atoms with van der Waals surface area (Å²) in [5.74, 6) is -0.539. The number of carbonyl (C=O) groups excluding carboxylic acids is 1. The monoisotopic (exact) mass is 357 g/mol. The lowest BCUT2D eigenvalue weighted by atomic mass is 10.1. The summed E-state index contributed by atoms with van der Waals surface area (Å²) in [4.78, 5) is 10.9. The highest BCUT2D eigenvalue weighted by molar-refractivity contribution is 5.72. The van der Waals surface area contributed by atoms with E-state index in [0.29, 0.717) is 0 Å². The third-order valence-corrected chi connectivity index (χ3v) is 3.92. The molecule has 0 aliphatic heterocycles. The maximum absolute atomic E-state index is 10.9. The van der Waals surface area contributed by atoms with Crippen LogP contribution in [0, 0.1) is 11.3 Å². The molecule has 0 rings (SSSR count). The van der Waals surface area contributed by atoms with Gasteiger partial charge in [0.1, 0.15) is 6.42 Å². The molecule has 0 bridgehead atoms. The van der Waals surface area contributed by atoms with Crippen LogP contribution in [-0.4, -0.2) is 5.97 Å². The summed E-state index contributed by atoms with van der Waals surface area (Å²) in [5.41, 5.74) is 0. The fourth-order valence-electron chi connectivity index (χ4n) is 2.45. The number of carbonyl (C=O) groups is 1. The maximum atomic E-state index is 10.9. The Balaban J connectivity index is 3.43. The number of ether oxygens (including phenoxy) is 1. The van der Waals surface area contributed by atoms with Gasteiger partial charge in [0.25, 0.3) is 0 Å². The van der Waals surface area contributed by atoms with Gasteiger partial charge in [0, 0.05) is 0 Å². The van der Waals surface area contributed by atoms with Crippen molar-refractivity contribution in [2.75, 3.05) is 0 Å². The second-order valence-corrected chi connectivity index (χ2v) is 6.32. The van der Waals surface area contributed by atoms with Gasteiger partial charge in [-0.3, -0.25) is 4.79 Å². The van der Waals surface area contributed by atoms with Crippen LogP contribution in [0.15, 0.2) is 48.8 Å². The van der Waals surface area contributed by atoms with E-state index in [1.54, 1.807) is 18.2 Å². The lowest BCUT2D eigenvalue weighted by molar-refractivity contribution is -0.136. The molecule has 0 aromatic carbocycles. The first-order valence-corrected chi connectivity index (χ1v) is 10.0. The minimum Gasteiger partial charge on any atom is -0.434 e. The van der Waals surface area contributed by atoms with Crippen molar-refractivity contribution < 1.29 is 9.53 Å². The second kappa shape index (κ2) is 21.0. The molecule has 0 amide bonds. The van der Waals surface area contributed by atoms with Crippen molar-refractivity contribution in [1.82, 2.24) is 0 Å². The summed E-state index contributed by atoms with van der Waals surface area (Å²) < 4.78 is 4.68. The van der Waals surface area contributed by atoms with E-state index in [4.69, 9.17) is 5.26 Å². The van der Waals surface area contributed by atoms with Gasteiger partial charge in [-0.1, -0.05) is 101 Å². The van der Waals surface area contributed by atoms with Crippen molar-refractivity contribution >= 4 is 5.97 Å². The fraction of sp³-hybridized carbons (Fsp3) is 0.565. The first-order chi connectivity index (χ1) is 12.8. The maximum Gasteiger partial charge on any atom is 0.324 e. The van der Waals surface area contributed by atoms with Crippen molar-refractivity contribution in [2.24, 2.45) is 0 Å². The molecule has 0 heterocycles. The molecule has 0 atom stereocenters. The molecule has 144 valence electrons. The van der Waals surface area contributed by atoms with Crippen LogP contribution in [0.1, 0.15) is 84.0 Å². The number of rotatable bonds is 16. The zero-order chi connectivity index (χ0) is 19.1. The molecule has 0 aromatic heterocycles. The highest BCUT2D eigenvalue weighted by Gasteiger charge is 1.95. The van der Waals surface area contributed by atoms with E-state index in [9.17, 15) is 4.79 Å². The Bertz CT molecular complexity index is 481. The summed E-state index contributed by atoms with van der Waals surface area (Å²) >= 11 is 0. The minimum absolute atomic E-state index is 0.224. The summed E-state index contributed by atoms with van der Waals surface area (Å²) in [5, 5.41) is 8.29. The van der Waals surface area contributed by atoms with E-state index < -0.39 is 5.97 Å². The molecule has 0 radical (unpaired) electrons. The molecule has 0 aliphatic rings. The van der Waals surface area contributed by atoms with Gasteiger partial charge in [-0.25, -0.2) is 0 Å². The Hall–Kier alpha value is -2.08. The third kappa shape index (κ3) is 20.0. The van der Waals surface area contributed by atoms with E-state index in [1.807, 2.05) is 18.2 Å². The van der Waals surface area contributed by atoms with Crippen LogP contribution < -0.4 is 0 Å². The van der Waals surface area contributed by atoms with Gasteiger partial charge in [0.2, 0.25) is 0 Å². The average molecular weight is 358 g/mol. The Morgan fingerprint density at radius 1 is 0.808 bits per heavy atom. The minimum atomic E-state index is -0.539. The molecule has 0 aliphatic carbocycles. The molecule has 0 spiro atoms. The summed E-state index contributed by atoms with van der Waals surface area (Å²) in [6, 6.07) is 1.73. The molecule has 0 saturated heterocycles. The quantitative estimate of drug-likeness (QED) is 0.130. The van der Waals surface area contributed by atoms with Crippen LogP contribution in [0.5, 0.6) is 0 Å². The predicted octanol–water partition coefficient (Wildman–Crippen LogP) is 6.94. The number of allylic oxidation sites excluding steroid dienone is 7. The summed E-state index contributed by atoms with van der Waals surface area (Å²) in [7, 11) is 0. The molecule has 26 heavy (non-hydrogen) atoms. The topological polar surface area (TPSA) is 50.1 Å². The van der Waals surface area contributed by atoms with Gasteiger partial charge in [-0.05, 0) is 18.9 Å². The Morgan fingerprint density at radius 3 is 1.96 bits per heavy atom. The molecule has 0 fully saturated rings. The van der Waals surface area contributed by atoms with Crippen LogP contribution in [0.2, 0.25) is 0 Å². The highest BCUT2D eigenvalue weighted by atomic mass is 16.5. The van der Waals surface area contributed by atoms with Gasteiger partial charge >= 0.3 is 5.97 Å². The molecular weight excluding hydrogens is 322 g/mol. The first kappa shape index (κ1) is 23.9. The Kier molecular flexibility index (Phi) is 19.3. The lowest BCUT2D eigenvalue weighted by Crippen LogP contribution is -1.96. The van der Waals surface area contributed by atoms with Crippen molar-refractivity contribution in [1.29, 1.82) is 5.26 Å².